The number of piperidine rings is 1. The van der Waals surface area contributed by atoms with Crippen LogP contribution in [-0.4, -0.2) is 50.1 Å². The van der Waals surface area contributed by atoms with E-state index in [0.29, 0.717) is 22.8 Å². The minimum absolute atomic E-state index is 0.0485. The van der Waals surface area contributed by atoms with Crippen molar-refractivity contribution < 1.29 is 23.5 Å². The van der Waals surface area contributed by atoms with Gasteiger partial charge in [0, 0.05) is 30.4 Å². The Morgan fingerprint density at radius 3 is 2.31 bits per heavy atom. The molecule has 2 heterocycles. The van der Waals surface area contributed by atoms with Crippen LogP contribution in [0.25, 0.3) is 6.08 Å². The van der Waals surface area contributed by atoms with Crippen molar-refractivity contribution in [2.75, 3.05) is 32.6 Å². The average Bonchev–Trinajstić information content (AvgIpc) is 3.39. The fraction of sp³-hybridized carbons (Fsp3) is 0.259. The average molecular weight is 476 g/mol. The van der Waals surface area contributed by atoms with Gasteiger partial charge in [0.1, 0.15) is 29.1 Å². The van der Waals surface area contributed by atoms with Crippen molar-refractivity contribution >= 4 is 23.6 Å². The first-order chi connectivity index (χ1) is 17.0. The highest BCUT2D eigenvalue weighted by atomic mass is 16.5. The number of furan rings is 1. The van der Waals surface area contributed by atoms with Gasteiger partial charge < -0.3 is 29.4 Å². The number of nitrogens with one attached hydrogen (secondary N) is 2. The maximum Gasteiger partial charge on any atom is 0.272 e. The highest BCUT2D eigenvalue weighted by molar-refractivity contribution is 6.10. The van der Waals surface area contributed by atoms with Gasteiger partial charge in [-0.3, -0.25) is 9.59 Å². The number of methoxy groups -OCH3 is 1. The third-order valence-electron chi connectivity index (χ3n) is 5.76. The molecule has 1 saturated heterocycles. The number of hydrogen-bond acceptors (Lipinski definition) is 6. The molecule has 0 aliphatic carbocycles. The number of hydrogen-bond donors (Lipinski definition) is 2. The van der Waals surface area contributed by atoms with Crippen LogP contribution in [0.1, 0.15) is 29.0 Å². The van der Waals surface area contributed by atoms with Crippen LogP contribution in [0, 0.1) is 0 Å². The largest absolute Gasteiger partial charge is 0.497 e. The third kappa shape index (κ3) is 6.74. The van der Waals surface area contributed by atoms with Gasteiger partial charge in [0.15, 0.2) is 0 Å². The van der Waals surface area contributed by atoms with E-state index < -0.39 is 11.8 Å². The van der Waals surface area contributed by atoms with Crippen LogP contribution < -0.4 is 20.1 Å². The zero-order chi connectivity index (χ0) is 24.6. The quantitative estimate of drug-likeness (QED) is 0.475. The molecule has 0 bridgehead atoms. The van der Waals surface area contributed by atoms with Crippen LogP contribution in [0.4, 0.5) is 5.69 Å². The predicted octanol–water partition coefficient (Wildman–Crippen LogP) is 4.17. The van der Waals surface area contributed by atoms with Gasteiger partial charge in [-0.05, 0) is 80.6 Å². The smallest absolute Gasteiger partial charge is 0.272 e. The number of carbonyl (C=O) groups excluding carboxylic acids is 2. The van der Waals surface area contributed by atoms with E-state index in [0.717, 1.165) is 31.7 Å². The monoisotopic (exact) mass is 475 g/mol. The van der Waals surface area contributed by atoms with Crippen molar-refractivity contribution in [1.82, 2.24) is 10.2 Å². The lowest BCUT2D eigenvalue weighted by Gasteiger charge is -2.29. The van der Waals surface area contributed by atoms with E-state index in [1.807, 2.05) is 12.1 Å². The van der Waals surface area contributed by atoms with E-state index in [-0.39, 0.29) is 11.8 Å². The second kappa shape index (κ2) is 11.4. The van der Waals surface area contributed by atoms with Gasteiger partial charge in [-0.1, -0.05) is 0 Å². The summed E-state index contributed by atoms with van der Waals surface area (Å²) in [4.78, 5) is 28.1. The Morgan fingerprint density at radius 2 is 1.69 bits per heavy atom. The Hall–Kier alpha value is -4.04. The number of anilines is 1. The zero-order valence-electron chi connectivity index (χ0n) is 19.8. The number of likely N-dealkylation sites (tertiary alicyclic amines) is 1. The van der Waals surface area contributed by atoms with Gasteiger partial charge in [0.05, 0.1) is 13.4 Å². The minimum atomic E-state index is -0.479. The summed E-state index contributed by atoms with van der Waals surface area (Å²) in [6, 6.07) is 17.2. The molecular formula is C27H29N3O5. The Kier molecular flexibility index (Phi) is 7.84. The number of nitrogens with zero attached hydrogens (tertiary/aromatic N) is 1. The molecule has 2 aromatic carbocycles. The van der Waals surface area contributed by atoms with Crippen molar-refractivity contribution in [1.29, 1.82) is 0 Å². The fourth-order valence-electron chi connectivity index (χ4n) is 3.72. The molecule has 0 spiro atoms. The number of rotatable bonds is 8. The van der Waals surface area contributed by atoms with Gasteiger partial charge in [0.25, 0.3) is 11.8 Å². The summed E-state index contributed by atoms with van der Waals surface area (Å²) in [6.45, 7) is 2.04. The molecule has 2 amide bonds. The molecule has 1 aromatic heterocycles. The molecule has 0 saturated carbocycles. The Balaban J connectivity index is 1.42. The van der Waals surface area contributed by atoms with Crippen molar-refractivity contribution in [2.45, 2.75) is 18.9 Å². The molecule has 1 aliphatic heterocycles. The molecule has 35 heavy (non-hydrogen) atoms. The molecule has 3 aromatic rings. The second-order valence-corrected chi connectivity index (χ2v) is 8.36. The molecule has 8 heteroatoms. The number of carbonyl (C=O) groups is 2. The molecule has 1 aliphatic rings. The van der Waals surface area contributed by atoms with E-state index in [9.17, 15) is 9.59 Å². The summed E-state index contributed by atoms with van der Waals surface area (Å²) < 4.78 is 16.5. The van der Waals surface area contributed by atoms with Gasteiger partial charge in [-0.25, -0.2) is 0 Å². The van der Waals surface area contributed by atoms with Gasteiger partial charge in [-0.15, -0.1) is 0 Å². The Morgan fingerprint density at radius 1 is 1.00 bits per heavy atom. The third-order valence-corrected chi connectivity index (χ3v) is 5.76. The maximum atomic E-state index is 13.0. The molecule has 2 N–H and O–H groups in total. The molecule has 0 atom stereocenters. The van der Waals surface area contributed by atoms with E-state index in [4.69, 9.17) is 13.9 Å². The Labute approximate surface area is 204 Å². The molecule has 0 unspecified atom stereocenters. The summed E-state index contributed by atoms with van der Waals surface area (Å²) >= 11 is 0. The van der Waals surface area contributed by atoms with E-state index in [1.54, 1.807) is 55.6 Å². The van der Waals surface area contributed by atoms with E-state index in [1.165, 1.54) is 12.3 Å². The lowest BCUT2D eigenvalue weighted by molar-refractivity contribution is -0.113. The van der Waals surface area contributed by atoms with Crippen molar-refractivity contribution in [2.24, 2.45) is 0 Å². The van der Waals surface area contributed by atoms with Crippen LogP contribution in [0.3, 0.4) is 0 Å². The molecule has 182 valence electrons. The summed E-state index contributed by atoms with van der Waals surface area (Å²) in [7, 11) is 3.67. The minimum Gasteiger partial charge on any atom is -0.497 e. The lowest BCUT2D eigenvalue weighted by Crippen LogP contribution is -2.35. The zero-order valence-corrected chi connectivity index (χ0v) is 19.8. The van der Waals surface area contributed by atoms with Crippen LogP contribution in [0.15, 0.2) is 77.0 Å². The number of ether oxygens (including phenoxy) is 2. The standard InChI is InChI=1S/C27H29N3O5/c1-30-15-13-23(14-16-30)35-22-11-7-20(8-12-22)28-27(32)25(18-24-4-3-17-34-24)29-26(31)19-5-9-21(33-2)10-6-19/h3-12,17-18,23H,13-16H2,1-2H3,(H,28,32)(H,29,31)/b25-18-. The first kappa shape index (κ1) is 24.1. The molecule has 4 rings (SSSR count). The normalized spacial score (nSPS) is 14.9. The van der Waals surface area contributed by atoms with Crippen molar-refractivity contribution in [3.8, 4) is 11.5 Å². The molecular weight excluding hydrogens is 446 g/mol. The van der Waals surface area contributed by atoms with Crippen LogP contribution in [-0.2, 0) is 4.79 Å². The van der Waals surface area contributed by atoms with Gasteiger partial charge >= 0.3 is 0 Å². The maximum absolute atomic E-state index is 13.0. The van der Waals surface area contributed by atoms with Crippen molar-refractivity contribution in [3.63, 3.8) is 0 Å². The Bertz CT molecular complexity index is 1150. The molecule has 1 fully saturated rings. The van der Waals surface area contributed by atoms with Crippen LogP contribution >= 0.6 is 0 Å². The van der Waals surface area contributed by atoms with Gasteiger partial charge in [-0.2, -0.15) is 0 Å². The topological polar surface area (TPSA) is 93.0 Å². The number of amides is 2. The van der Waals surface area contributed by atoms with Crippen molar-refractivity contribution in [3.05, 3.63) is 83.9 Å². The fourth-order valence-corrected chi connectivity index (χ4v) is 3.72. The first-order valence-electron chi connectivity index (χ1n) is 11.5. The van der Waals surface area contributed by atoms with Gasteiger partial charge in [0.2, 0.25) is 0 Å². The van der Waals surface area contributed by atoms with Crippen LogP contribution in [0.5, 0.6) is 11.5 Å². The first-order valence-corrected chi connectivity index (χ1v) is 11.5. The molecule has 0 radical (unpaired) electrons. The predicted molar refractivity (Wildman–Crippen MR) is 133 cm³/mol. The lowest BCUT2D eigenvalue weighted by atomic mass is 10.1. The number of benzene rings is 2. The molecule has 8 nitrogen and oxygen atoms in total. The summed E-state index contributed by atoms with van der Waals surface area (Å²) in [5.41, 5.74) is 1.02. The summed E-state index contributed by atoms with van der Waals surface area (Å²) in [5, 5.41) is 5.50. The highest BCUT2D eigenvalue weighted by Gasteiger charge is 2.19. The van der Waals surface area contributed by atoms with E-state index >= 15 is 0 Å². The second-order valence-electron chi connectivity index (χ2n) is 8.36. The SMILES string of the molecule is COc1ccc(C(=O)N/C(=C\c2ccco2)C(=O)Nc2ccc(OC3CCN(C)CC3)cc2)cc1. The highest BCUT2D eigenvalue weighted by Crippen LogP contribution is 2.21. The summed E-state index contributed by atoms with van der Waals surface area (Å²) in [5.74, 6) is 0.924. The van der Waals surface area contributed by atoms with Crippen LogP contribution in [0.2, 0.25) is 0 Å². The summed E-state index contributed by atoms with van der Waals surface area (Å²) in [6.07, 6.45) is 5.15. The van der Waals surface area contributed by atoms with E-state index in [2.05, 4.69) is 22.6 Å².